The van der Waals surface area contributed by atoms with Crippen LogP contribution in [0.3, 0.4) is 0 Å². The van der Waals surface area contributed by atoms with Crippen molar-refractivity contribution in [1.82, 2.24) is 4.90 Å². The quantitative estimate of drug-likeness (QED) is 0.580. The van der Waals surface area contributed by atoms with E-state index in [0.29, 0.717) is 19.6 Å². The van der Waals surface area contributed by atoms with Crippen LogP contribution in [-0.4, -0.2) is 41.3 Å². The molecule has 1 amide bonds. The number of carbonyl (C=O) groups excluding carboxylic acids is 2. The Morgan fingerprint density at radius 2 is 2.00 bits per heavy atom. The van der Waals surface area contributed by atoms with E-state index in [1.54, 1.807) is 13.0 Å². The maximum atomic E-state index is 12.3. The fourth-order valence-corrected chi connectivity index (χ4v) is 2.77. The van der Waals surface area contributed by atoms with Crippen molar-refractivity contribution in [2.75, 3.05) is 13.2 Å². The first-order valence-electron chi connectivity index (χ1n) is 7.62. The number of ether oxygens (including phenoxy) is 2. The van der Waals surface area contributed by atoms with Crippen molar-refractivity contribution in [2.45, 2.75) is 64.5 Å². The molecule has 1 saturated heterocycles. The minimum atomic E-state index is -0.478. The van der Waals surface area contributed by atoms with Crippen molar-refractivity contribution in [2.24, 2.45) is 0 Å². The molecule has 1 aliphatic carbocycles. The van der Waals surface area contributed by atoms with E-state index < -0.39 is 5.60 Å². The number of nitrogens with zero attached hydrogens (tertiary/aromatic N) is 1. The second-order valence-corrected chi connectivity index (χ2v) is 6.84. The van der Waals surface area contributed by atoms with Gasteiger partial charge < -0.3 is 14.4 Å². The van der Waals surface area contributed by atoms with Crippen LogP contribution >= 0.6 is 0 Å². The Kier molecular flexibility index (Phi) is 4.30. The van der Waals surface area contributed by atoms with E-state index in [1.807, 2.05) is 25.7 Å². The molecule has 5 nitrogen and oxygen atoms in total. The zero-order valence-electron chi connectivity index (χ0n) is 13.4. The third-order valence-corrected chi connectivity index (χ3v) is 3.83. The molecular weight excluding hydrogens is 270 g/mol. The van der Waals surface area contributed by atoms with Crippen LogP contribution in [-0.2, 0) is 14.3 Å². The molecule has 2 fully saturated rings. The Hall–Kier alpha value is -1.52. The SMILES string of the molecule is CCOC(=O)/C=C1\CCN(C(=O)OC(C)(C)C)C2(CC2)C1. The molecule has 118 valence electrons. The molecule has 0 aromatic carbocycles. The summed E-state index contributed by atoms with van der Waals surface area (Å²) in [5, 5.41) is 0. The molecule has 1 saturated carbocycles. The first-order chi connectivity index (χ1) is 9.76. The van der Waals surface area contributed by atoms with Gasteiger partial charge in [0.1, 0.15) is 5.60 Å². The molecule has 1 aliphatic heterocycles. The molecule has 2 rings (SSSR count). The van der Waals surface area contributed by atoms with E-state index in [0.717, 1.165) is 24.8 Å². The average Bonchev–Trinajstić information content (AvgIpc) is 3.06. The van der Waals surface area contributed by atoms with E-state index in [4.69, 9.17) is 9.47 Å². The maximum Gasteiger partial charge on any atom is 0.410 e. The van der Waals surface area contributed by atoms with Gasteiger partial charge in [-0.05, 0) is 53.4 Å². The first-order valence-corrected chi connectivity index (χ1v) is 7.62. The number of likely N-dealkylation sites (tertiary alicyclic amines) is 1. The van der Waals surface area contributed by atoms with Gasteiger partial charge in [0.05, 0.1) is 12.1 Å². The predicted molar refractivity (Wildman–Crippen MR) is 78.9 cm³/mol. The van der Waals surface area contributed by atoms with Crippen LogP contribution in [0.1, 0.15) is 53.4 Å². The highest BCUT2D eigenvalue weighted by molar-refractivity contribution is 5.83. The van der Waals surface area contributed by atoms with Crippen molar-refractivity contribution in [1.29, 1.82) is 0 Å². The van der Waals surface area contributed by atoms with Crippen LogP contribution < -0.4 is 0 Å². The van der Waals surface area contributed by atoms with Crippen LogP contribution in [0.25, 0.3) is 0 Å². The van der Waals surface area contributed by atoms with Crippen LogP contribution in [0.5, 0.6) is 0 Å². The fourth-order valence-electron chi connectivity index (χ4n) is 2.77. The molecule has 1 heterocycles. The van der Waals surface area contributed by atoms with E-state index in [9.17, 15) is 9.59 Å². The lowest BCUT2D eigenvalue weighted by molar-refractivity contribution is -0.137. The Bertz CT molecular complexity index is 457. The molecular formula is C16H25NO4. The van der Waals surface area contributed by atoms with Crippen LogP contribution in [0.15, 0.2) is 11.6 Å². The molecule has 5 heteroatoms. The fraction of sp³-hybridized carbons (Fsp3) is 0.750. The Balaban J connectivity index is 2.01. The van der Waals surface area contributed by atoms with Gasteiger partial charge in [0.2, 0.25) is 0 Å². The zero-order valence-corrected chi connectivity index (χ0v) is 13.4. The summed E-state index contributed by atoms with van der Waals surface area (Å²) in [6, 6.07) is 0. The summed E-state index contributed by atoms with van der Waals surface area (Å²) in [5.74, 6) is -0.283. The maximum absolute atomic E-state index is 12.3. The van der Waals surface area contributed by atoms with Crippen molar-refractivity contribution < 1.29 is 19.1 Å². The lowest BCUT2D eigenvalue weighted by Gasteiger charge is -2.38. The average molecular weight is 295 g/mol. The number of hydrogen-bond acceptors (Lipinski definition) is 4. The molecule has 0 bridgehead atoms. The van der Waals surface area contributed by atoms with Crippen LogP contribution in [0, 0.1) is 0 Å². The zero-order chi connectivity index (χ0) is 15.7. The first kappa shape index (κ1) is 15.9. The Morgan fingerprint density at radius 1 is 1.33 bits per heavy atom. The van der Waals surface area contributed by atoms with Gasteiger partial charge in [0.25, 0.3) is 0 Å². The highest BCUT2D eigenvalue weighted by Crippen LogP contribution is 2.50. The summed E-state index contributed by atoms with van der Waals surface area (Å²) in [6.07, 6.45) is 4.77. The van der Waals surface area contributed by atoms with Gasteiger partial charge in [-0.15, -0.1) is 0 Å². The molecule has 0 unspecified atom stereocenters. The number of piperidine rings is 1. The summed E-state index contributed by atoms with van der Waals surface area (Å²) in [5.41, 5.74) is 0.471. The monoisotopic (exact) mass is 295 g/mol. The highest BCUT2D eigenvalue weighted by atomic mass is 16.6. The number of amides is 1. The van der Waals surface area contributed by atoms with Gasteiger partial charge in [-0.1, -0.05) is 5.57 Å². The third kappa shape index (κ3) is 3.99. The molecule has 0 aromatic rings. The van der Waals surface area contributed by atoms with E-state index in [2.05, 4.69) is 0 Å². The second-order valence-electron chi connectivity index (χ2n) is 6.84. The summed E-state index contributed by atoms with van der Waals surface area (Å²) in [4.78, 5) is 25.7. The normalized spacial score (nSPS) is 22.3. The minimum absolute atomic E-state index is 0.126. The van der Waals surface area contributed by atoms with Gasteiger partial charge in [-0.3, -0.25) is 0 Å². The smallest absolute Gasteiger partial charge is 0.410 e. The third-order valence-electron chi connectivity index (χ3n) is 3.83. The topological polar surface area (TPSA) is 55.8 Å². The van der Waals surface area contributed by atoms with Crippen molar-refractivity contribution in [3.8, 4) is 0 Å². The molecule has 0 atom stereocenters. The standard InChI is InChI=1S/C16H25NO4/c1-5-20-13(18)10-12-6-9-17(16(11-12)7-8-16)14(19)21-15(2,3)4/h10H,5-9,11H2,1-4H3/b12-10+. The largest absolute Gasteiger partial charge is 0.463 e. The lowest BCUT2D eigenvalue weighted by atomic mass is 9.94. The minimum Gasteiger partial charge on any atom is -0.463 e. The number of carbonyl (C=O) groups is 2. The van der Waals surface area contributed by atoms with Gasteiger partial charge in [-0.25, -0.2) is 9.59 Å². The molecule has 0 aromatic heterocycles. The van der Waals surface area contributed by atoms with E-state index in [1.165, 1.54) is 0 Å². The van der Waals surface area contributed by atoms with Gasteiger partial charge >= 0.3 is 12.1 Å². The van der Waals surface area contributed by atoms with Gasteiger partial charge in [-0.2, -0.15) is 0 Å². The summed E-state index contributed by atoms with van der Waals surface area (Å²) in [6.45, 7) is 8.42. The van der Waals surface area contributed by atoms with E-state index in [-0.39, 0.29) is 17.6 Å². The summed E-state index contributed by atoms with van der Waals surface area (Å²) >= 11 is 0. The van der Waals surface area contributed by atoms with Crippen molar-refractivity contribution in [3.05, 3.63) is 11.6 Å². The van der Waals surface area contributed by atoms with Crippen LogP contribution in [0.2, 0.25) is 0 Å². The predicted octanol–water partition coefficient (Wildman–Crippen LogP) is 3.04. The number of esters is 1. The summed E-state index contributed by atoms with van der Waals surface area (Å²) in [7, 11) is 0. The number of hydrogen-bond donors (Lipinski definition) is 0. The van der Waals surface area contributed by atoms with E-state index >= 15 is 0 Å². The second kappa shape index (κ2) is 5.70. The Labute approximate surface area is 126 Å². The molecule has 0 radical (unpaired) electrons. The van der Waals surface area contributed by atoms with Gasteiger partial charge in [0.15, 0.2) is 0 Å². The number of rotatable bonds is 2. The molecule has 2 aliphatic rings. The Morgan fingerprint density at radius 3 is 2.52 bits per heavy atom. The summed E-state index contributed by atoms with van der Waals surface area (Å²) < 4.78 is 10.4. The lowest BCUT2D eigenvalue weighted by Crippen LogP contribution is -2.48. The van der Waals surface area contributed by atoms with Gasteiger partial charge in [0, 0.05) is 12.6 Å². The van der Waals surface area contributed by atoms with Crippen molar-refractivity contribution in [3.63, 3.8) is 0 Å². The van der Waals surface area contributed by atoms with Crippen molar-refractivity contribution >= 4 is 12.1 Å². The highest BCUT2D eigenvalue weighted by Gasteiger charge is 2.53. The molecule has 1 spiro atoms. The van der Waals surface area contributed by atoms with Crippen LogP contribution in [0.4, 0.5) is 4.79 Å². The molecule has 21 heavy (non-hydrogen) atoms. The molecule has 0 N–H and O–H groups in total.